The average molecular weight is 701 g/mol. The maximum Gasteiger partial charge on any atom is 0.272 e. The first kappa shape index (κ1) is 34.0. The second-order valence-corrected chi connectivity index (χ2v) is 12.8. The first-order valence-electron chi connectivity index (χ1n) is 15.7. The molecule has 9 nitrogen and oxygen atoms in total. The predicted octanol–water partition coefficient (Wildman–Crippen LogP) is 8.68. The summed E-state index contributed by atoms with van der Waals surface area (Å²) in [6, 6.07) is 36.3. The van der Waals surface area contributed by atoms with Gasteiger partial charge in [-0.05, 0) is 79.2 Å². The normalized spacial score (nSPS) is 11.7. The number of carbonyl (C=O) groups is 3. The van der Waals surface area contributed by atoms with Crippen molar-refractivity contribution in [3.8, 4) is 17.0 Å². The van der Waals surface area contributed by atoms with Crippen LogP contribution in [-0.2, 0) is 9.59 Å². The van der Waals surface area contributed by atoms with Crippen LogP contribution in [0.4, 0.5) is 10.8 Å². The molecule has 6 aromatic rings. The molecule has 1 unspecified atom stereocenters. The molecule has 1 atom stereocenters. The van der Waals surface area contributed by atoms with Crippen molar-refractivity contribution in [2.24, 2.45) is 0 Å². The number of furan rings is 1. The zero-order valence-electron chi connectivity index (χ0n) is 26.9. The number of ether oxygens (including phenoxy) is 1. The summed E-state index contributed by atoms with van der Waals surface area (Å²) in [6.45, 7) is 2.53. The van der Waals surface area contributed by atoms with E-state index in [4.69, 9.17) is 9.15 Å². The molecular weight excluding hydrogens is 669 g/mol. The fourth-order valence-corrected chi connectivity index (χ4v) is 6.67. The highest BCUT2D eigenvalue weighted by Gasteiger charge is 2.24. The molecule has 0 radical (unpaired) electrons. The second-order valence-electron chi connectivity index (χ2n) is 10.8. The van der Waals surface area contributed by atoms with Gasteiger partial charge in [0.15, 0.2) is 5.13 Å². The van der Waals surface area contributed by atoms with Crippen molar-refractivity contribution in [1.29, 1.82) is 0 Å². The maximum absolute atomic E-state index is 13.8. The Hall–Kier alpha value is -5.91. The highest BCUT2D eigenvalue weighted by atomic mass is 32.2. The molecule has 11 heteroatoms. The van der Waals surface area contributed by atoms with E-state index in [9.17, 15) is 14.4 Å². The zero-order chi connectivity index (χ0) is 34.7. The van der Waals surface area contributed by atoms with Gasteiger partial charge >= 0.3 is 0 Å². The molecule has 0 aliphatic heterocycles. The first-order chi connectivity index (χ1) is 24.4. The number of thiazole rings is 1. The fourth-order valence-electron chi connectivity index (χ4n) is 4.86. The SMILES string of the molecule is CCOc1ccc(-c2csc(NC(=O)C(Sc3cccc(NC(=O)/C(=C/c4ccco4)NC(=O)c4ccccc4)c3)c3ccccc3)n2)cc1. The van der Waals surface area contributed by atoms with Crippen LogP contribution in [0.1, 0.15) is 33.9 Å². The summed E-state index contributed by atoms with van der Waals surface area (Å²) in [5.74, 6) is -0.0393. The zero-order valence-corrected chi connectivity index (χ0v) is 28.5. The van der Waals surface area contributed by atoms with Crippen LogP contribution in [0.3, 0.4) is 0 Å². The quantitative estimate of drug-likeness (QED) is 0.0814. The number of benzene rings is 4. The van der Waals surface area contributed by atoms with Crippen LogP contribution < -0.4 is 20.7 Å². The van der Waals surface area contributed by atoms with Crippen molar-refractivity contribution in [3.05, 3.63) is 156 Å². The van der Waals surface area contributed by atoms with E-state index in [-0.39, 0.29) is 11.6 Å². The molecule has 6 rings (SSSR count). The molecule has 0 saturated carbocycles. The summed E-state index contributed by atoms with van der Waals surface area (Å²) in [6.07, 6.45) is 2.94. The Balaban J connectivity index is 1.18. The summed E-state index contributed by atoms with van der Waals surface area (Å²) in [7, 11) is 0. The number of aromatic nitrogens is 1. The molecule has 0 aliphatic carbocycles. The lowest BCUT2D eigenvalue weighted by molar-refractivity contribution is -0.116. The van der Waals surface area contributed by atoms with Crippen molar-refractivity contribution in [2.75, 3.05) is 17.2 Å². The van der Waals surface area contributed by atoms with E-state index in [1.165, 1.54) is 35.4 Å². The summed E-state index contributed by atoms with van der Waals surface area (Å²) >= 11 is 2.69. The first-order valence-corrected chi connectivity index (χ1v) is 17.5. The van der Waals surface area contributed by atoms with Crippen LogP contribution in [0.15, 0.2) is 148 Å². The lowest BCUT2D eigenvalue weighted by Crippen LogP contribution is -2.30. The van der Waals surface area contributed by atoms with Gasteiger partial charge < -0.3 is 25.1 Å². The van der Waals surface area contributed by atoms with E-state index in [0.29, 0.717) is 28.7 Å². The van der Waals surface area contributed by atoms with Gasteiger partial charge in [0.25, 0.3) is 11.8 Å². The van der Waals surface area contributed by atoms with Crippen molar-refractivity contribution < 1.29 is 23.5 Å². The van der Waals surface area contributed by atoms with Crippen LogP contribution in [0.25, 0.3) is 17.3 Å². The van der Waals surface area contributed by atoms with E-state index in [0.717, 1.165) is 27.5 Å². The highest BCUT2D eigenvalue weighted by molar-refractivity contribution is 8.00. The highest BCUT2D eigenvalue weighted by Crippen LogP contribution is 2.38. The molecule has 2 aromatic heterocycles. The van der Waals surface area contributed by atoms with Crippen molar-refractivity contribution in [2.45, 2.75) is 17.1 Å². The molecule has 3 N–H and O–H groups in total. The van der Waals surface area contributed by atoms with Crippen molar-refractivity contribution >= 4 is 57.7 Å². The van der Waals surface area contributed by atoms with E-state index in [2.05, 4.69) is 20.9 Å². The van der Waals surface area contributed by atoms with Gasteiger partial charge in [0.1, 0.15) is 22.5 Å². The third kappa shape index (κ3) is 8.95. The van der Waals surface area contributed by atoms with Gasteiger partial charge in [-0.3, -0.25) is 14.4 Å². The fraction of sp³-hybridized carbons (Fsp3) is 0.0769. The van der Waals surface area contributed by atoms with Gasteiger partial charge in [-0.25, -0.2) is 4.98 Å². The maximum atomic E-state index is 13.8. The number of amides is 3. The molecule has 50 heavy (non-hydrogen) atoms. The van der Waals surface area contributed by atoms with Crippen LogP contribution in [0, 0.1) is 0 Å². The monoisotopic (exact) mass is 700 g/mol. The predicted molar refractivity (Wildman–Crippen MR) is 198 cm³/mol. The Bertz CT molecular complexity index is 2080. The van der Waals surface area contributed by atoms with Crippen LogP contribution in [0.5, 0.6) is 5.75 Å². The third-order valence-electron chi connectivity index (χ3n) is 7.24. The molecule has 0 fully saturated rings. The molecule has 0 saturated heterocycles. The number of carbonyl (C=O) groups excluding carboxylic acids is 3. The Labute approximate surface area is 297 Å². The number of thioether (sulfide) groups is 1. The summed E-state index contributed by atoms with van der Waals surface area (Å²) in [4.78, 5) is 45.6. The standard InChI is InChI=1S/C39H32N4O5S2/c1-2-47-30-20-18-26(19-21-30)34-25-49-39(42-34)43-38(46)35(27-11-5-3-6-12-27)50-32-17-9-15-29(23-32)40-37(45)33(24-31-16-10-22-48-31)41-36(44)28-13-7-4-8-14-28/h3-25,35H,2H2,1H3,(H,40,45)(H,41,44)(H,42,43,46)/b33-24-. The van der Waals surface area contributed by atoms with Crippen LogP contribution in [-0.4, -0.2) is 29.3 Å². The van der Waals surface area contributed by atoms with Gasteiger partial charge in [0.05, 0.1) is 18.6 Å². The van der Waals surface area contributed by atoms with Crippen LogP contribution in [0.2, 0.25) is 0 Å². The molecule has 2 heterocycles. The number of nitrogens with zero attached hydrogens (tertiary/aromatic N) is 1. The second kappa shape index (κ2) is 16.5. The Kier molecular flexibility index (Phi) is 11.2. The topological polar surface area (TPSA) is 123 Å². The van der Waals surface area contributed by atoms with Gasteiger partial charge in [-0.2, -0.15) is 0 Å². The van der Waals surface area contributed by atoms with E-state index in [1.54, 1.807) is 60.7 Å². The Morgan fingerprint density at radius 3 is 2.36 bits per heavy atom. The number of anilines is 2. The van der Waals surface area contributed by atoms with Gasteiger partial charge in [-0.1, -0.05) is 54.6 Å². The molecule has 0 aliphatic rings. The third-order valence-corrected chi connectivity index (χ3v) is 9.25. The number of hydrogen-bond acceptors (Lipinski definition) is 8. The van der Waals surface area contributed by atoms with Gasteiger partial charge in [0.2, 0.25) is 5.91 Å². The average Bonchev–Trinajstić information content (AvgIpc) is 3.84. The smallest absolute Gasteiger partial charge is 0.272 e. The van der Waals surface area contributed by atoms with Gasteiger partial charge in [-0.15, -0.1) is 23.1 Å². The number of nitrogens with one attached hydrogen (secondary N) is 3. The van der Waals surface area contributed by atoms with Gasteiger partial charge in [0, 0.05) is 33.2 Å². The minimum atomic E-state index is -0.625. The molecule has 250 valence electrons. The minimum absolute atomic E-state index is 0.00134. The van der Waals surface area contributed by atoms with E-state index in [1.807, 2.05) is 73.0 Å². The lowest BCUT2D eigenvalue weighted by Gasteiger charge is -2.17. The molecule has 0 bridgehead atoms. The van der Waals surface area contributed by atoms with Crippen LogP contribution >= 0.6 is 23.1 Å². The number of hydrogen-bond donors (Lipinski definition) is 3. The molecule has 4 aromatic carbocycles. The Morgan fingerprint density at radius 2 is 1.64 bits per heavy atom. The lowest BCUT2D eigenvalue weighted by atomic mass is 10.1. The summed E-state index contributed by atoms with van der Waals surface area (Å²) < 4.78 is 10.9. The summed E-state index contributed by atoms with van der Waals surface area (Å²) in [5, 5.41) is 10.3. The largest absolute Gasteiger partial charge is 0.494 e. The Morgan fingerprint density at radius 1 is 0.880 bits per heavy atom. The summed E-state index contributed by atoms with van der Waals surface area (Å²) in [5.41, 5.74) is 3.35. The molecule has 3 amide bonds. The number of rotatable bonds is 13. The van der Waals surface area contributed by atoms with E-state index < -0.39 is 17.1 Å². The van der Waals surface area contributed by atoms with Crippen molar-refractivity contribution in [3.63, 3.8) is 0 Å². The molecule has 0 spiro atoms. The van der Waals surface area contributed by atoms with E-state index >= 15 is 0 Å². The minimum Gasteiger partial charge on any atom is -0.494 e. The van der Waals surface area contributed by atoms with Crippen molar-refractivity contribution in [1.82, 2.24) is 10.3 Å². The molecular formula is C39H32N4O5S2.